The highest BCUT2D eigenvalue weighted by molar-refractivity contribution is 7.89. The van der Waals surface area contributed by atoms with Crippen LogP contribution >= 0.6 is 11.6 Å². The first-order valence-electron chi connectivity index (χ1n) is 6.40. The maximum absolute atomic E-state index is 12.4. The Balaban J connectivity index is 2.13. The number of nitrogens with two attached hydrogens (primary N) is 1. The van der Waals surface area contributed by atoms with Gasteiger partial charge >= 0.3 is 0 Å². The molecule has 6 nitrogen and oxygen atoms in total. The van der Waals surface area contributed by atoms with E-state index >= 15 is 0 Å². The molecular weight excluding hydrogens is 302 g/mol. The quantitative estimate of drug-likeness (QED) is 0.909. The number of rotatable bonds is 4. The molecule has 0 radical (unpaired) electrons. The number of likely N-dealkylation sites (N-methyl/N-ethyl adjacent to an activating group) is 1. The van der Waals surface area contributed by atoms with Crippen molar-refractivity contribution < 1.29 is 13.2 Å². The molecular formula is C12H18ClN3O3S. The highest BCUT2D eigenvalue weighted by Crippen LogP contribution is 2.23. The highest BCUT2D eigenvalue weighted by Gasteiger charge is 2.26. The summed E-state index contributed by atoms with van der Waals surface area (Å²) in [6.07, 6.45) is 4.13. The first-order valence-corrected chi connectivity index (χ1v) is 8.22. The van der Waals surface area contributed by atoms with Crippen LogP contribution in [0.2, 0.25) is 5.02 Å². The molecule has 0 aliphatic carbocycles. The van der Waals surface area contributed by atoms with Gasteiger partial charge in [0.2, 0.25) is 10.0 Å². The standard InChI is InChI=1S/C12H18ClN3O3S/c1-16(8-9-4-2-3-5-19-9)20(17,18)10-6-11(13)12(14)15-7-10/h6-7,9H,2-5,8H2,1H3,(H2,14,15). The summed E-state index contributed by atoms with van der Waals surface area (Å²) in [6, 6.07) is 1.32. The first kappa shape index (κ1) is 15.5. The average Bonchev–Trinajstić information content (AvgIpc) is 2.42. The van der Waals surface area contributed by atoms with Crippen LogP contribution in [0, 0.1) is 0 Å². The molecule has 1 aliphatic heterocycles. The van der Waals surface area contributed by atoms with E-state index in [0.717, 1.165) is 19.3 Å². The van der Waals surface area contributed by atoms with Gasteiger partial charge in [0.1, 0.15) is 10.7 Å². The minimum atomic E-state index is -3.63. The molecule has 1 aromatic heterocycles. The van der Waals surface area contributed by atoms with E-state index in [1.807, 2.05) is 0 Å². The van der Waals surface area contributed by atoms with E-state index < -0.39 is 10.0 Å². The van der Waals surface area contributed by atoms with E-state index in [0.29, 0.717) is 13.2 Å². The topological polar surface area (TPSA) is 85.5 Å². The maximum atomic E-state index is 12.4. The Bertz CT molecular complexity index is 573. The summed E-state index contributed by atoms with van der Waals surface area (Å²) in [5.74, 6) is 0.115. The van der Waals surface area contributed by atoms with Crippen molar-refractivity contribution in [1.29, 1.82) is 0 Å². The first-order chi connectivity index (χ1) is 9.41. The van der Waals surface area contributed by atoms with Gasteiger partial charge < -0.3 is 10.5 Å². The molecule has 1 aliphatic rings. The van der Waals surface area contributed by atoms with Crippen LogP contribution in [0.15, 0.2) is 17.2 Å². The van der Waals surface area contributed by atoms with Crippen LogP contribution in [0.25, 0.3) is 0 Å². The van der Waals surface area contributed by atoms with Crippen LogP contribution in [0.3, 0.4) is 0 Å². The van der Waals surface area contributed by atoms with Crippen molar-refractivity contribution in [3.05, 3.63) is 17.3 Å². The number of ether oxygens (including phenoxy) is 1. The summed E-state index contributed by atoms with van der Waals surface area (Å²) in [7, 11) is -2.10. The largest absolute Gasteiger partial charge is 0.382 e. The third kappa shape index (κ3) is 3.41. The fourth-order valence-electron chi connectivity index (χ4n) is 2.09. The van der Waals surface area contributed by atoms with Gasteiger partial charge in [-0.2, -0.15) is 4.31 Å². The van der Waals surface area contributed by atoms with Crippen molar-refractivity contribution in [1.82, 2.24) is 9.29 Å². The van der Waals surface area contributed by atoms with Crippen LogP contribution in [0.5, 0.6) is 0 Å². The molecule has 2 heterocycles. The summed E-state index contributed by atoms with van der Waals surface area (Å²) < 4.78 is 31.6. The number of aromatic nitrogens is 1. The van der Waals surface area contributed by atoms with E-state index in [1.165, 1.54) is 23.6 Å². The Hall–Kier alpha value is -0.890. The molecule has 0 aromatic carbocycles. The zero-order chi connectivity index (χ0) is 14.8. The van der Waals surface area contributed by atoms with E-state index in [9.17, 15) is 8.42 Å². The molecule has 0 saturated carbocycles. The second-order valence-corrected chi connectivity index (χ2v) is 7.26. The van der Waals surface area contributed by atoms with Crippen molar-refractivity contribution in [2.45, 2.75) is 30.3 Å². The van der Waals surface area contributed by atoms with Crippen LogP contribution in [0.4, 0.5) is 5.82 Å². The SMILES string of the molecule is CN(CC1CCCCO1)S(=O)(=O)c1cnc(N)c(Cl)c1. The maximum Gasteiger partial charge on any atom is 0.244 e. The number of nitrogen functional groups attached to an aromatic ring is 1. The summed E-state index contributed by atoms with van der Waals surface area (Å²) in [4.78, 5) is 3.82. The fraction of sp³-hybridized carbons (Fsp3) is 0.583. The van der Waals surface area contributed by atoms with Gasteiger partial charge in [0.25, 0.3) is 0 Å². The van der Waals surface area contributed by atoms with Gasteiger partial charge in [0, 0.05) is 26.4 Å². The Labute approximate surface area is 123 Å². The molecule has 20 heavy (non-hydrogen) atoms. The molecule has 1 atom stereocenters. The molecule has 1 unspecified atom stereocenters. The lowest BCUT2D eigenvalue weighted by Crippen LogP contribution is -2.37. The molecule has 1 aromatic rings. The zero-order valence-electron chi connectivity index (χ0n) is 11.3. The Morgan fingerprint density at radius 2 is 2.30 bits per heavy atom. The molecule has 0 amide bonds. The highest BCUT2D eigenvalue weighted by atomic mass is 35.5. The van der Waals surface area contributed by atoms with E-state index in [1.54, 1.807) is 0 Å². The molecule has 1 fully saturated rings. The van der Waals surface area contributed by atoms with Gasteiger partial charge in [-0.25, -0.2) is 13.4 Å². The second-order valence-electron chi connectivity index (χ2n) is 4.81. The van der Waals surface area contributed by atoms with Crippen LogP contribution in [0.1, 0.15) is 19.3 Å². The van der Waals surface area contributed by atoms with Gasteiger partial charge in [0.15, 0.2) is 0 Å². The van der Waals surface area contributed by atoms with Gasteiger partial charge in [0.05, 0.1) is 11.1 Å². The molecule has 112 valence electrons. The Morgan fingerprint density at radius 3 is 2.90 bits per heavy atom. The molecule has 8 heteroatoms. The normalized spacial score (nSPS) is 20.2. The van der Waals surface area contributed by atoms with Crippen LogP contribution < -0.4 is 5.73 Å². The van der Waals surface area contributed by atoms with Gasteiger partial charge in [-0.15, -0.1) is 0 Å². The number of anilines is 1. The molecule has 1 saturated heterocycles. The fourth-order valence-corrected chi connectivity index (χ4v) is 3.49. The number of pyridine rings is 1. The van der Waals surface area contributed by atoms with E-state index in [2.05, 4.69) is 4.98 Å². The summed E-state index contributed by atoms with van der Waals surface area (Å²) >= 11 is 5.82. The second kappa shape index (κ2) is 6.26. The number of hydrogen-bond acceptors (Lipinski definition) is 5. The summed E-state index contributed by atoms with van der Waals surface area (Å²) in [5, 5.41) is 0.133. The predicted molar refractivity (Wildman–Crippen MR) is 77.1 cm³/mol. The minimum absolute atomic E-state index is 0.0370. The van der Waals surface area contributed by atoms with E-state index in [4.69, 9.17) is 22.1 Å². The zero-order valence-corrected chi connectivity index (χ0v) is 12.8. The third-order valence-electron chi connectivity index (χ3n) is 3.29. The molecule has 2 N–H and O–H groups in total. The van der Waals surface area contributed by atoms with Crippen molar-refractivity contribution in [3.8, 4) is 0 Å². The minimum Gasteiger partial charge on any atom is -0.382 e. The Morgan fingerprint density at radius 1 is 1.55 bits per heavy atom. The molecule has 2 rings (SSSR count). The van der Waals surface area contributed by atoms with Gasteiger partial charge in [-0.1, -0.05) is 11.6 Å². The van der Waals surface area contributed by atoms with Gasteiger partial charge in [-0.3, -0.25) is 0 Å². The average molecular weight is 320 g/mol. The lowest BCUT2D eigenvalue weighted by Gasteiger charge is -2.27. The summed E-state index contributed by atoms with van der Waals surface area (Å²) in [5.41, 5.74) is 5.49. The molecule has 0 spiro atoms. The molecule has 0 bridgehead atoms. The van der Waals surface area contributed by atoms with Crippen molar-refractivity contribution in [2.75, 3.05) is 25.9 Å². The van der Waals surface area contributed by atoms with Crippen molar-refractivity contribution >= 4 is 27.4 Å². The lowest BCUT2D eigenvalue weighted by atomic mass is 10.1. The third-order valence-corrected chi connectivity index (χ3v) is 5.38. The monoisotopic (exact) mass is 319 g/mol. The summed E-state index contributed by atoms with van der Waals surface area (Å²) in [6.45, 7) is 1.01. The van der Waals surface area contributed by atoms with Crippen LogP contribution in [-0.2, 0) is 14.8 Å². The number of sulfonamides is 1. The number of nitrogens with zero attached hydrogens (tertiary/aromatic N) is 2. The predicted octanol–water partition coefficient (Wildman–Crippen LogP) is 1.51. The number of hydrogen-bond donors (Lipinski definition) is 1. The van der Waals surface area contributed by atoms with Crippen molar-refractivity contribution in [2.24, 2.45) is 0 Å². The van der Waals surface area contributed by atoms with Crippen LogP contribution in [-0.4, -0.2) is 44.0 Å². The van der Waals surface area contributed by atoms with Crippen molar-refractivity contribution in [3.63, 3.8) is 0 Å². The Kier molecular flexibility index (Phi) is 4.85. The number of halogens is 1. The smallest absolute Gasteiger partial charge is 0.244 e. The lowest BCUT2D eigenvalue weighted by molar-refractivity contribution is 0.00858. The van der Waals surface area contributed by atoms with E-state index in [-0.39, 0.29) is 21.8 Å². The van der Waals surface area contributed by atoms with Gasteiger partial charge in [-0.05, 0) is 25.3 Å².